The summed E-state index contributed by atoms with van der Waals surface area (Å²) in [5, 5.41) is 1.28. The van der Waals surface area contributed by atoms with E-state index in [0.29, 0.717) is 28.9 Å². The fourth-order valence-electron chi connectivity index (χ4n) is 3.46. The Balaban J connectivity index is 1.36. The molecule has 0 N–H and O–H groups in total. The van der Waals surface area contributed by atoms with Crippen molar-refractivity contribution in [2.24, 2.45) is 0 Å². The van der Waals surface area contributed by atoms with Crippen molar-refractivity contribution >= 4 is 40.2 Å². The maximum atomic E-state index is 12.7. The molecule has 1 amide bonds. The van der Waals surface area contributed by atoms with E-state index in [-0.39, 0.29) is 11.8 Å². The van der Waals surface area contributed by atoms with Crippen LogP contribution in [0.2, 0.25) is 10.0 Å². The van der Waals surface area contributed by atoms with E-state index in [9.17, 15) is 4.79 Å². The first kappa shape index (κ1) is 19.1. The molecule has 1 aromatic heterocycles. The van der Waals surface area contributed by atoms with Crippen LogP contribution in [-0.2, 0) is 4.79 Å². The summed E-state index contributed by atoms with van der Waals surface area (Å²) in [5.74, 6) is 1.53. The van der Waals surface area contributed by atoms with E-state index in [4.69, 9.17) is 32.4 Å². The molecule has 5 nitrogen and oxygen atoms in total. The number of carbonyl (C=O) groups excluding carboxylic acids is 1. The van der Waals surface area contributed by atoms with Crippen molar-refractivity contribution in [2.45, 2.75) is 31.8 Å². The summed E-state index contributed by atoms with van der Waals surface area (Å²) in [6.45, 7) is 3.07. The van der Waals surface area contributed by atoms with Crippen molar-refractivity contribution in [1.29, 1.82) is 0 Å². The Labute approximate surface area is 173 Å². The lowest BCUT2D eigenvalue weighted by Gasteiger charge is -2.32. The third-order valence-corrected chi connectivity index (χ3v) is 5.48. The predicted octanol–water partition coefficient (Wildman–Crippen LogP) is 5.31. The summed E-state index contributed by atoms with van der Waals surface area (Å²) in [6.07, 6.45) is 1.06. The van der Waals surface area contributed by atoms with Gasteiger partial charge in [0.15, 0.2) is 17.6 Å². The molecule has 2 heterocycles. The maximum Gasteiger partial charge on any atom is 0.263 e. The highest BCUT2D eigenvalue weighted by Gasteiger charge is 2.29. The Morgan fingerprint density at radius 2 is 1.82 bits per heavy atom. The molecular weight excluding hydrogens is 399 g/mol. The van der Waals surface area contributed by atoms with Crippen molar-refractivity contribution in [3.8, 4) is 5.75 Å². The number of rotatable bonds is 4. The van der Waals surface area contributed by atoms with Crippen molar-refractivity contribution < 1.29 is 13.9 Å². The second-order valence-electron chi connectivity index (χ2n) is 6.98. The number of amides is 1. The van der Waals surface area contributed by atoms with Crippen LogP contribution in [0.3, 0.4) is 0 Å². The molecule has 0 spiro atoms. The maximum absolute atomic E-state index is 12.7. The fraction of sp³-hybridized carbons (Fsp3) is 0.333. The van der Waals surface area contributed by atoms with Gasteiger partial charge in [-0.25, -0.2) is 4.98 Å². The molecule has 0 bridgehead atoms. The van der Waals surface area contributed by atoms with E-state index in [0.717, 1.165) is 29.8 Å². The molecule has 1 aliphatic rings. The SMILES string of the molecule is CC(Oc1ccc(Cl)cc1)C(=O)N1CCC(c2nc3cc(Cl)ccc3o2)CC1. The zero-order chi connectivity index (χ0) is 19.7. The number of aromatic nitrogens is 1. The zero-order valence-electron chi connectivity index (χ0n) is 15.4. The highest BCUT2D eigenvalue weighted by atomic mass is 35.5. The predicted molar refractivity (Wildman–Crippen MR) is 109 cm³/mol. The lowest BCUT2D eigenvalue weighted by Crippen LogP contribution is -2.44. The number of halogens is 2. The molecule has 4 rings (SSSR count). The standard InChI is InChI=1S/C21H20Cl2N2O3/c1-13(27-17-5-2-15(22)3-6-17)21(26)25-10-8-14(9-11-25)20-24-18-12-16(23)4-7-19(18)28-20/h2-7,12-14H,8-11H2,1H3. The molecule has 0 saturated carbocycles. The average molecular weight is 419 g/mol. The van der Waals surface area contributed by atoms with Gasteiger partial charge in [-0.3, -0.25) is 4.79 Å². The van der Waals surface area contributed by atoms with E-state index < -0.39 is 6.10 Å². The van der Waals surface area contributed by atoms with Gasteiger partial charge >= 0.3 is 0 Å². The second kappa shape index (κ2) is 8.02. The van der Waals surface area contributed by atoms with Crippen LogP contribution in [0.4, 0.5) is 0 Å². The van der Waals surface area contributed by atoms with Gasteiger partial charge in [0, 0.05) is 29.1 Å². The third kappa shape index (κ3) is 4.10. The Morgan fingerprint density at radius 3 is 2.54 bits per heavy atom. The average Bonchev–Trinajstić information content (AvgIpc) is 3.12. The molecule has 3 aromatic rings. The van der Waals surface area contributed by atoms with E-state index in [1.54, 1.807) is 43.3 Å². The number of hydrogen-bond acceptors (Lipinski definition) is 4. The topological polar surface area (TPSA) is 55.6 Å². The Bertz CT molecular complexity index is 979. The largest absolute Gasteiger partial charge is 0.481 e. The highest BCUT2D eigenvalue weighted by Crippen LogP contribution is 2.31. The van der Waals surface area contributed by atoms with Gasteiger partial charge in [-0.15, -0.1) is 0 Å². The fourth-order valence-corrected chi connectivity index (χ4v) is 3.76. The van der Waals surface area contributed by atoms with Crippen LogP contribution in [0.1, 0.15) is 31.6 Å². The number of hydrogen-bond donors (Lipinski definition) is 0. The van der Waals surface area contributed by atoms with E-state index in [1.165, 1.54) is 0 Å². The molecular formula is C21H20Cl2N2O3. The number of nitrogens with zero attached hydrogens (tertiary/aromatic N) is 2. The van der Waals surface area contributed by atoms with Gasteiger partial charge in [-0.05, 0) is 62.2 Å². The highest BCUT2D eigenvalue weighted by molar-refractivity contribution is 6.31. The quantitative estimate of drug-likeness (QED) is 0.575. The first-order chi connectivity index (χ1) is 13.5. The number of piperidine rings is 1. The van der Waals surface area contributed by atoms with Crippen LogP contribution in [0.25, 0.3) is 11.1 Å². The number of ether oxygens (including phenoxy) is 1. The number of likely N-dealkylation sites (tertiary alicyclic amines) is 1. The monoisotopic (exact) mass is 418 g/mol. The van der Waals surface area contributed by atoms with Crippen LogP contribution in [0.15, 0.2) is 46.9 Å². The first-order valence-corrected chi connectivity index (χ1v) is 10.0. The molecule has 28 heavy (non-hydrogen) atoms. The number of fused-ring (bicyclic) bond motifs is 1. The minimum atomic E-state index is -0.552. The van der Waals surface area contributed by atoms with Crippen molar-refractivity contribution in [2.75, 3.05) is 13.1 Å². The normalized spacial score (nSPS) is 16.3. The lowest BCUT2D eigenvalue weighted by molar-refractivity contribution is -0.139. The van der Waals surface area contributed by atoms with Gasteiger partial charge in [0.05, 0.1) is 0 Å². The molecule has 0 aliphatic carbocycles. The molecule has 146 valence electrons. The van der Waals surface area contributed by atoms with Gasteiger partial charge in [-0.1, -0.05) is 23.2 Å². The third-order valence-electron chi connectivity index (χ3n) is 5.00. The molecule has 1 aliphatic heterocycles. The van der Waals surface area contributed by atoms with Crippen molar-refractivity contribution in [1.82, 2.24) is 9.88 Å². The number of carbonyl (C=O) groups is 1. The smallest absolute Gasteiger partial charge is 0.263 e. The molecule has 1 atom stereocenters. The van der Waals surface area contributed by atoms with Gasteiger partial charge in [0.2, 0.25) is 0 Å². The van der Waals surface area contributed by atoms with Crippen molar-refractivity contribution in [3.05, 3.63) is 58.4 Å². The van der Waals surface area contributed by atoms with Gasteiger partial charge in [0.25, 0.3) is 5.91 Å². The van der Waals surface area contributed by atoms with Crippen LogP contribution < -0.4 is 4.74 Å². The van der Waals surface area contributed by atoms with E-state index in [2.05, 4.69) is 4.98 Å². The Morgan fingerprint density at radius 1 is 1.14 bits per heavy atom. The van der Waals surface area contributed by atoms with Crippen LogP contribution in [-0.4, -0.2) is 35.0 Å². The van der Waals surface area contributed by atoms with Gasteiger partial charge in [-0.2, -0.15) is 0 Å². The van der Waals surface area contributed by atoms with Crippen LogP contribution in [0.5, 0.6) is 5.75 Å². The van der Waals surface area contributed by atoms with Crippen LogP contribution in [0, 0.1) is 0 Å². The number of benzene rings is 2. The van der Waals surface area contributed by atoms with Gasteiger partial charge < -0.3 is 14.1 Å². The Hall–Kier alpha value is -2.24. The lowest BCUT2D eigenvalue weighted by atomic mass is 9.96. The van der Waals surface area contributed by atoms with E-state index >= 15 is 0 Å². The first-order valence-electron chi connectivity index (χ1n) is 9.26. The summed E-state index contributed by atoms with van der Waals surface area (Å²) < 4.78 is 11.6. The zero-order valence-corrected chi connectivity index (χ0v) is 16.9. The van der Waals surface area contributed by atoms with Crippen LogP contribution >= 0.6 is 23.2 Å². The molecule has 1 fully saturated rings. The summed E-state index contributed by atoms with van der Waals surface area (Å²) in [4.78, 5) is 19.1. The second-order valence-corrected chi connectivity index (χ2v) is 7.85. The summed E-state index contributed by atoms with van der Waals surface area (Å²) in [5.41, 5.74) is 1.51. The molecule has 1 unspecified atom stereocenters. The van der Waals surface area contributed by atoms with E-state index in [1.807, 2.05) is 11.0 Å². The summed E-state index contributed by atoms with van der Waals surface area (Å²) in [6, 6.07) is 12.4. The molecule has 0 radical (unpaired) electrons. The molecule has 1 saturated heterocycles. The number of oxazole rings is 1. The minimum Gasteiger partial charge on any atom is -0.481 e. The van der Waals surface area contributed by atoms with Gasteiger partial charge in [0.1, 0.15) is 11.3 Å². The van der Waals surface area contributed by atoms with Crippen molar-refractivity contribution in [3.63, 3.8) is 0 Å². The summed E-state index contributed by atoms with van der Waals surface area (Å²) >= 11 is 11.9. The molecule has 7 heteroatoms. The molecule has 2 aromatic carbocycles. The summed E-state index contributed by atoms with van der Waals surface area (Å²) in [7, 11) is 0. The Kier molecular flexibility index (Phi) is 5.47. The minimum absolute atomic E-state index is 0.0160.